The zero-order chi connectivity index (χ0) is 13.0. The van der Waals surface area contributed by atoms with Crippen molar-refractivity contribution in [3.63, 3.8) is 0 Å². The van der Waals surface area contributed by atoms with Gasteiger partial charge in [-0.25, -0.2) is 0 Å². The minimum absolute atomic E-state index is 0.773. The lowest BCUT2D eigenvalue weighted by molar-refractivity contribution is 0.395. The summed E-state index contributed by atoms with van der Waals surface area (Å²) in [4.78, 5) is 0. The maximum absolute atomic E-state index is 3.35. The lowest BCUT2D eigenvalue weighted by atomic mass is 9.90. The van der Waals surface area contributed by atoms with E-state index in [1.807, 2.05) is 0 Å². The maximum Gasteiger partial charge on any atom is -0.00202 e. The molecule has 0 spiro atoms. The molecule has 0 amide bonds. The summed E-state index contributed by atoms with van der Waals surface area (Å²) in [7, 11) is 2.07. The van der Waals surface area contributed by atoms with Crippen molar-refractivity contribution in [3.05, 3.63) is 34.9 Å². The first-order chi connectivity index (χ1) is 8.69. The number of hydrogen-bond acceptors (Lipinski definition) is 1. The van der Waals surface area contributed by atoms with E-state index in [2.05, 4.69) is 44.4 Å². The smallest absolute Gasteiger partial charge is 0.00202 e. The van der Waals surface area contributed by atoms with E-state index in [0.29, 0.717) is 0 Å². The van der Waals surface area contributed by atoms with Gasteiger partial charge in [0.25, 0.3) is 0 Å². The molecule has 100 valence electrons. The van der Waals surface area contributed by atoms with E-state index in [0.717, 1.165) is 18.4 Å². The quantitative estimate of drug-likeness (QED) is 0.807. The highest BCUT2D eigenvalue weighted by Gasteiger charge is 2.14. The van der Waals surface area contributed by atoms with Crippen molar-refractivity contribution in [2.75, 3.05) is 13.6 Å². The summed E-state index contributed by atoms with van der Waals surface area (Å²) in [6.45, 7) is 5.78. The van der Waals surface area contributed by atoms with Gasteiger partial charge in [0.05, 0.1) is 0 Å². The van der Waals surface area contributed by atoms with Crippen LogP contribution in [0, 0.1) is 11.8 Å². The number of fused-ring (bicyclic) bond motifs is 1. The minimum atomic E-state index is 0.773. The Labute approximate surface area is 112 Å². The molecule has 1 aliphatic rings. The molecule has 1 unspecified atom stereocenters. The molecule has 1 N–H and O–H groups in total. The zero-order valence-electron chi connectivity index (χ0n) is 12.1. The first-order valence-corrected chi connectivity index (χ1v) is 7.44. The summed E-state index contributed by atoms with van der Waals surface area (Å²) in [5.74, 6) is 1.56. The molecule has 0 fully saturated rings. The number of aryl methyl sites for hydroxylation is 2. The van der Waals surface area contributed by atoms with Crippen LogP contribution in [-0.4, -0.2) is 13.6 Å². The molecular formula is C17H27N. The Kier molecular flexibility index (Phi) is 4.82. The summed E-state index contributed by atoms with van der Waals surface area (Å²) in [6.07, 6.45) is 6.49. The van der Waals surface area contributed by atoms with Crippen LogP contribution in [-0.2, 0) is 19.3 Å². The lowest BCUT2D eigenvalue weighted by Gasteiger charge is -2.19. The molecule has 0 heterocycles. The third-order valence-corrected chi connectivity index (χ3v) is 3.98. The average Bonchev–Trinajstić information content (AvgIpc) is 2.75. The first kappa shape index (κ1) is 13.6. The van der Waals surface area contributed by atoms with Gasteiger partial charge in [-0.2, -0.15) is 0 Å². The van der Waals surface area contributed by atoms with Gasteiger partial charge < -0.3 is 5.32 Å². The molecule has 1 atom stereocenters. The number of nitrogens with one attached hydrogen (secondary N) is 1. The van der Waals surface area contributed by atoms with Crippen molar-refractivity contribution in [2.24, 2.45) is 11.8 Å². The van der Waals surface area contributed by atoms with Gasteiger partial charge in [-0.05, 0) is 74.2 Å². The highest BCUT2D eigenvalue weighted by atomic mass is 14.8. The Morgan fingerprint density at radius 1 is 1.17 bits per heavy atom. The van der Waals surface area contributed by atoms with Crippen LogP contribution in [0.5, 0.6) is 0 Å². The van der Waals surface area contributed by atoms with Crippen LogP contribution in [0.3, 0.4) is 0 Å². The molecule has 1 aromatic carbocycles. The molecule has 1 aromatic rings. The largest absolute Gasteiger partial charge is 0.319 e. The molecule has 1 heteroatoms. The van der Waals surface area contributed by atoms with Gasteiger partial charge in [0, 0.05) is 0 Å². The van der Waals surface area contributed by atoms with Crippen LogP contribution in [0.25, 0.3) is 0 Å². The fourth-order valence-corrected chi connectivity index (χ4v) is 3.28. The van der Waals surface area contributed by atoms with Crippen molar-refractivity contribution in [2.45, 2.75) is 46.0 Å². The molecule has 0 bridgehead atoms. The second kappa shape index (κ2) is 6.38. The molecule has 0 saturated heterocycles. The maximum atomic E-state index is 3.35. The lowest BCUT2D eigenvalue weighted by Crippen LogP contribution is -2.22. The van der Waals surface area contributed by atoms with E-state index in [9.17, 15) is 0 Å². The Morgan fingerprint density at radius 3 is 2.67 bits per heavy atom. The summed E-state index contributed by atoms with van der Waals surface area (Å²) in [6, 6.07) is 7.18. The van der Waals surface area contributed by atoms with E-state index in [4.69, 9.17) is 0 Å². The minimum Gasteiger partial charge on any atom is -0.319 e. The first-order valence-electron chi connectivity index (χ1n) is 7.44. The predicted octanol–water partition coefficient (Wildman–Crippen LogP) is 3.60. The third kappa shape index (κ3) is 3.58. The van der Waals surface area contributed by atoms with E-state index in [-0.39, 0.29) is 0 Å². The Morgan fingerprint density at radius 2 is 1.94 bits per heavy atom. The molecule has 1 nitrogen and oxygen atoms in total. The van der Waals surface area contributed by atoms with Gasteiger partial charge in [0.2, 0.25) is 0 Å². The van der Waals surface area contributed by atoms with Gasteiger partial charge in [0.1, 0.15) is 0 Å². The zero-order valence-corrected chi connectivity index (χ0v) is 12.1. The van der Waals surface area contributed by atoms with Crippen molar-refractivity contribution >= 4 is 0 Å². The van der Waals surface area contributed by atoms with Gasteiger partial charge >= 0.3 is 0 Å². The van der Waals surface area contributed by atoms with Crippen molar-refractivity contribution in [1.29, 1.82) is 0 Å². The Bertz CT molecular complexity index is 381. The van der Waals surface area contributed by atoms with Gasteiger partial charge in [-0.15, -0.1) is 0 Å². The Balaban J connectivity index is 2.01. The van der Waals surface area contributed by atoms with Gasteiger partial charge in [-0.3, -0.25) is 0 Å². The van der Waals surface area contributed by atoms with Crippen LogP contribution < -0.4 is 5.32 Å². The monoisotopic (exact) mass is 245 g/mol. The summed E-state index contributed by atoms with van der Waals surface area (Å²) >= 11 is 0. The molecule has 0 saturated carbocycles. The fraction of sp³-hybridized carbons (Fsp3) is 0.647. The topological polar surface area (TPSA) is 12.0 Å². The third-order valence-electron chi connectivity index (χ3n) is 3.98. The molecule has 0 aromatic heterocycles. The van der Waals surface area contributed by atoms with Crippen LogP contribution in [0.15, 0.2) is 18.2 Å². The average molecular weight is 245 g/mol. The highest BCUT2D eigenvalue weighted by molar-refractivity contribution is 5.35. The molecular weight excluding hydrogens is 218 g/mol. The molecule has 0 radical (unpaired) electrons. The Hall–Kier alpha value is -0.820. The van der Waals surface area contributed by atoms with Crippen LogP contribution in [0.4, 0.5) is 0 Å². The van der Waals surface area contributed by atoms with Gasteiger partial charge in [-0.1, -0.05) is 32.0 Å². The van der Waals surface area contributed by atoms with Crippen LogP contribution >= 0.6 is 0 Å². The van der Waals surface area contributed by atoms with Crippen molar-refractivity contribution in [1.82, 2.24) is 5.32 Å². The van der Waals surface area contributed by atoms with Crippen LogP contribution in [0.1, 0.15) is 43.4 Å². The summed E-state index contributed by atoms with van der Waals surface area (Å²) < 4.78 is 0. The standard InChI is InChI=1S/C17H27N/c1-13(2)9-15(12-18-3)10-14-7-8-16-5-4-6-17(16)11-14/h7-8,11,13,15,18H,4-6,9-10,12H2,1-3H3. The van der Waals surface area contributed by atoms with E-state index in [1.165, 1.54) is 37.7 Å². The van der Waals surface area contributed by atoms with E-state index in [1.54, 1.807) is 11.1 Å². The van der Waals surface area contributed by atoms with E-state index >= 15 is 0 Å². The van der Waals surface area contributed by atoms with Crippen molar-refractivity contribution < 1.29 is 0 Å². The fourth-order valence-electron chi connectivity index (χ4n) is 3.28. The van der Waals surface area contributed by atoms with Crippen LogP contribution in [0.2, 0.25) is 0 Å². The normalized spacial score (nSPS) is 16.0. The predicted molar refractivity (Wildman–Crippen MR) is 79.0 cm³/mol. The number of rotatable bonds is 6. The molecule has 0 aliphatic heterocycles. The van der Waals surface area contributed by atoms with E-state index < -0.39 is 0 Å². The summed E-state index contributed by atoms with van der Waals surface area (Å²) in [5.41, 5.74) is 4.74. The second-order valence-electron chi connectivity index (χ2n) is 6.21. The van der Waals surface area contributed by atoms with Gasteiger partial charge in [0.15, 0.2) is 0 Å². The molecule has 2 rings (SSSR count). The summed E-state index contributed by atoms with van der Waals surface area (Å²) in [5, 5.41) is 3.35. The highest BCUT2D eigenvalue weighted by Crippen LogP contribution is 2.25. The molecule has 1 aliphatic carbocycles. The number of hydrogen-bond donors (Lipinski definition) is 1. The number of benzene rings is 1. The SMILES string of the molecule is CNCC(Cc1ccc2c(c1)CCC2)CC(C)C. The van der Waals surface area contributed by atoms with Crippen molar-refractivity contribution in [3.8, 4) is 0 Å². The second-order valence-corrected chi connectivity index (χ2v) is 6.21. The molecule has 18 heavy (non-hydrogen) atoms.